The average molecular weight is 289 g/mol. The first-order valence-electron chi connectivity index (χ1n) is 7.07. The molecule has 0 aromatic carbocycles. The van der Waals surface area contributed by atoms with Crippen LogP contribution in [-0.2, 0) is 13.0 Å². The third kappa shape index (κ3) is 3.10. The molecule has 1 saturated carbocycles. The van der Waals surface area contributed by atoms with Crippen molar-refractivity contribution in [3.05, 3.63) is 40.1 Å². The van der Waals surface area contributed by atoms with Gasteiger partial charge in [0.2, 0.25) is 0 Å². The van der Waals surface area contributed by atoms with Gasteiger partial charge in [0.05, 0.1) is 4.88 Å². The number of amides is 1. The molecule has 0 saturated heterocycles. The second-order valence-electron chi connectivity index (χ2n) is 5.35. The van der Waals surface area contributed by atoms with Crippen LogP contribution in [0.2, 0.25) is 0 Å². The minimum absolute atomic E-state index is 0.0111. The molecule has 2 aromatic rings. The van der Waals surface area contributed by atoms with E-state index in [9.17, 15) is 4.79 Å². The Morgan fingerprint density at radius 2 is 2.40 bits per heavy atom. The molecule has 2 aromatic heterocycles. The molecule has 106 valence electrons. The van der Waals surface area contributed by atoms with Crippen molar-refractivity contribution in [2.45, 2.75) is 32.7 Å². The lowest BCUT2D eigenvalue weighted by atomic mass is 10.3. The molecule has 1 aliphatic rings. The van der Waals surface area contributed by atoms with Gasteiger partial charge in [0, 0.05) is 31.4 Å². The maximum absolute atomic E-state index is 11.8. The predicted octanol–water partition coefficient (Wildman–Crippen LogP) is 2.64. The summed E-state index contributed by atoms with van der Waals surface area (Å²) in [4.78, 5) is 17.1. The highest BCUT2D eigenvalue weighted by Crippen LogP contribution is 2.31. The minimum atomic E-state index is 0.0111. The lowest BCUT2D eigenvalue weighted by Gasteiger charge is -2.09. The van der Waals surface area contributed by atoms with Crippen molar-refractivity contribution in [3.8, 4) is 0 Å². The molecule has 20 heavy (non-hydrogen) atoms. The van der Waals surface area contributed by atoms with Gasteiger partial charge < -0.3 is 9.88 Å². The average Bonchev–Trinajstić information content (AvgIpc) is 2.96. The molecule has 1 N–H and O–H groups in total. The van der Waals surface area contributed by atoms with Gasteiger partial charge in [0.25, 0.3) is 5.91 Å². The Kier molecular flexibility index (Phi) is 3.87. The molecule has 0 aliphatic heterocycles. The van der Waals surface area contributed by atoms with Crippen LogP contribution in [0.5, 0.6) is 0 Å². The monoisotopic (exact) mass is 289 g/mol. The van der Waals surface area contributed by atoms with E-state index < -0.39 is 0 Å². The molecule has 0 radical (unpaired) electrons. The fourth-order valence-electron chi connectivity index (χ4n) is 2.30. The highest BCUT2D eigenvalue weighted by molar-refractivity contribution is 7.12. The maximum Gasteiger partial charge on any atom is 0.261 e. The summed E-state index contributed by atoms with van der Waals surface area (Å²) in [6.07, 6.45) is 5.40. The molecule has 2 heterocycles. The van der Waals surface area contributed by atoms with Crippen molar-refractivity contribution in [1.82, 2.24) is 14.9 Å². The molecule has 0 bridgehead atoms. The zero-order valence-corrected chi connectivity index (χ0v) is 12.4. The van der Waals surface area contributed by atoms with E-state index >= 15 is 0 Å². The highest BCUT2D eigenvalue weighted by atomic mass is 32.1. The number of nitrogens with one attached hydrogen (secondary N) is 1. The van der Waals surface area contributed by atoms with Crippen LogP contribution < -0.4 is 5.32 Å². The van der Waals surface area contributed by atoms with Crippen LogP contribution in [0.25, 0.3) is 0 Å². The fraction of sp³-hybridized carbons (Fsp3) is 0.467. The van der Waals surface area contributed by atoms with E-state index in [1.165, 1.54) is 29.9 Å². The molecular weight excluding hydrogens is 270 g/mol. The van der Waals surface area contributed by atoms with E-state index in [0.717, 1.165) is 29.6 Å². The fourth-order valence-corrected chi connectivity index (χ4v) is 2.94. The van der Waals surface area contributed by atoms with Crippen molar-refractivity contribution in [2.24, 2.45) is 5.92 Å². The molecule has 0 atom stereocenters. The minimum Gasteiger partial charge on any atom is -0.351 e. The number of aromatic nitrogens is 2. The number of hydrogen-bond donors (Lipinski definition) is 1. The SMILES string of the molecule is Cc1cnc(CCNC(=O)c2cccs2)n1CC1CC1. The standard InChI is InChI=1S/C15H19N3OS/c1-11-9-17-14(18(11)10-12-4-5-12)6-7-16-15(19)13-3-2-8-20-13/h2-3,8-9,12H,4-7,10H2,1H3,(H,16,19). The smallest absolute Gasteiger partial charge is 0.261 e. The van der Waals surface area contributed by atoms with Gasteiger partial charge in [-0.05, 0) is 37.1 Å². The van der Waals surface area contributed by atoms with Crippen LogP contribution in [0.3, 0.4) is 0 Å². The van der Waals surface area contributed by atoms with Gasteiger partial charge in [-0.25, -0.2) is 4.98 Å². The second kappa shape index (κ2) is 5.79. The van der Waals surface area contributed by atoms with Crippen molar-refractivity contribution in [2.75, 3.05) is 6.54 Å². The Hall–Kier alpha value is -1.62. The van der Waals surface area contributed by atoms with Crippen LogP contribution in [0.4, 0.5) is 0 Å². The molecule has 5 heteroatoms. The van der Waals surface area contributed by atoms with Crippen LogP contribution in [0.1, 0.15) is 34.0 Å². The van der Waals surface area contributed by atoms with Gasteiger partial charge in [0.15, 0.2) is 0 Å². The van der Waals surface area contributed by atoms with Crippen LogP contribution in [0, 0.1) is 12.8 Å². The normalized spacial score (nSPS) is 14.4. The number of carbonyl (C=O) groups excluding carboxylic acids is 1. The van der Waals surface area contributed by atoms with E-state index in [1.807, 2.05) is 23.7 Å². The molecule has 1 fully saturated rings. The Balaban J connectivity index is 1.54. The van der Waals surface area contributed by atoms with Crippen molar-refractivity contribution < 1.29 is 4.79 Å². The Morgan fingerprint density at radius 3 is 3.10 bits per heavy atom. The zero-order valence-electron chi connectivity index (χ0n) is 11.6. The van der Waals surface area contributed by atoms with E-state index in [1.54, 1.807) is 0 Å². The third-order valence-corrected chi connectivity index (χ3v) is 4.52. The first kappa shape index (κ1) is 13.4. The summed E-state index contributed by atoms with van der Waals surface area (Å²) in [5.41, 5.74) is 1.22. The van der Waals surface area contributed by atoms with Crippen LogP contribution in [-0.4, -0.2) is 22.0 Å². The van der Waals surface area contributed by atoms with Gasteiger partial charge >= 0.3 is 0 Å². The maximum atomic E-state index is 11.8. The number of rotatable bonds is 6. The Bertz CT molecular complexity index is 584. The molecule has 0 spiro atoms. The largest absolute Gasteiger partial charge is 0.351 e. The first-order chi connectivity index (χ1) is 9.74. The number of imidazole rings is 1. The van der Waals surface area contributed by atoms with Crippen molar-refractivity contribution >= 4 is 17.2 Å². The molecule has 1 aliphatic carbocycles. The number of aryl methyl sites for hydroxylation is 1. The highest BCUT2D eigenvalue weighted by Gasteiger charge is 2.23. The van der Waals surface area contributed by atoms with E-state index in [2.05, 4.69) is 21.8 Å². The predicted molar refractivity (Wildman–Crippen MR) is 80.0 cm³/mol. The van der Waals surface area contributed by atoms with Crippen molar-refractivity contribution in [3.63, 3.8) is 0 Å². The molecule has 3 rings (SSSR count). The summed E-state index contributed by atoms with van der Waals surface area (Å²) in [5.74, 6) is 1.93. The lowest BCUT2D eigenvalue weighted by molar-refractivity contribution is 0.0958. The molecular formula is C15H19N3OS. The number of nitrogens with zero attached hydrogens (tertiary/aromatic N) is 2. The summed E-state index contributed by atoms with van der Waals surface area (Å²) in [5, 5.41) is 4.87. The quantitative estimate of drug-likeness (QED) is 0.888. The second-order valence-corrected chi connectivity index (χ2v) is 6.30. The number of thiophene rings is 1. The van der Waals surface area contributed by atoms with Crippen LogP contribution in [0.15, 0.2) is 23.7 Å². The summed E-state index contributed by atoms with van der Waals surface area (Å²) in [6.45, 7) is 3.82. The van der Waals surface area contributed by atoms with E-state index in [-0.39, 0.29) is 5.91 Å². The number of carbonyl (C=O) groups is 1. The molecule has 0 unspecified atom stereocenters. The third-order valence-electron chi connectivity index (χ3n) is 3.65. The number of hydrogen-bond acceptors (Lipinski definition) is 3. The Labute approximate surface area is 122 Å². The van der Waals surface area contributed by atoms with Crippen molar-refractivity contribution in [1.29, 1.82) is 0 Å². The van der Waals surface area contributed by atoms with Crippen LogP contribution >= 0.6 is 11.3 Å². The van der Waals surface area contributed by atoms with Gasteiger partial charge in [-0.2, -0.15) is 0 Å². The molecule has 4 nitrogen and oxygen atoms in total. The lowest BCUT2D eigenvalue weighted by Crippen LogP contribution is -2.26. The summed E-state index contributed by atoms with van der Waals surface area (Å²) in [7, 11) is 0. The summed E-state index contributed by atoms with van der Waals surface area (Å²) in [6, 6.07) is 3.74. The summed E-state index contributed by atoms with van der Waals surface area (Å²) < 4.78 is 2.30. The topological polar surface area (TPSA) is 46.9 Å². The Morgan fingerprint density at radius 1 is 1.55 bits per heavy atom. The van der Waals surface area contributed by atoms with Gasteiger partial charge in [-0.3, -0.25) is 4.79 Å². The zero-order chi connectivity index (χ0) is 13.9. The van der Waals surface area contributed by atoms with E-state index in [0.29, 0.717) is 6.54 Å². The van der Waals surface area contributed by atoms with E-state index in [4.69, 9.17) is 0 Å². The van der Waals surface area contributed by atoms with Gasteiger partial charge in [-0.15, -0.1) is 11.3 Å². The first-order valence-corrected chi connectivity index (χ1v) is 7.94. The van der Waals surface area contributed by atoms with Gasteiger partial charge in [-0.1, -0.05) is 6.07 Å². The summed E-state index contributed by atoms with van der Waals surface area (Å²) >= 11 is 1.47. The molecule has 1 amide bonds. The van der Waals surface area contributed by atoms with Gasteiger partial charge in [0.1, 0.15) is 5.82 Å².